The maximum absolute atomic E-state index is 12.4. The van der Waals surface area contributed by atoms with Crippen molar-refractivity contribution in [1.82, 2.24) is 15.3 Å². The normalized spacial score (nSPS) is 22.3. The highest BCUT2D eigenvalue weighted by atomic mass is 16.7. The molecule has 24 heavy (non-hydrogen) atoms. The average Bonchev–Trinajstić information content (AvgIpc) is 2.60. The zero-order valence-electron chi connectivity index (χ0n) is 14.2. The van der Waals surface area contributed by atoms with E-state index >= 15 is 0 Å². The lowest BCUT2D eigenvalue weighted by molar-refractivity contribution is -0.198. The van der Waals surface area contributed by atoms with Crippen LogP contribution < -0.4 is 5.32 Å². The van der Waals surface area contributed by atoms with E-state index in [0.29, 0.717) is 26.2 Å². The Morgan fingerprint density at radius 3 is 2.75 bits per heavy atom. The summed E-state index contributed by atoms with van der Waals surface area (Å²) in [5.41, 5.74) is 2.37. The van der Waals surface area contributed by atoms with Crippen LogP contribution in [0.25, 0.3) is 0 Å². The van der Waals surface area contributed by atoms with Gasteiger partial charge in [-0.15, -0.1) is 0 Å². The maximum atomic E-state index is 12.4. The van der Waals surface area contributed by atoms with E-state index in [9.17, 15) is 9.59 Å². The van der Waals surface area contributed by atoms with E-state index in [2.05, 4.69) is 41.4 Å². The van der Waals surface area contributed by atoms with Crippen molar-refractivity contribution < 1.29 is 14.4 Å². The molecule has 130 valence electrons. The smallest absolute Gasteiger partial charge is 0.248 e. The summed E-state index contributed by atoms with van der Waals surface area (Å²) in [6.45, 7) is 5.29. The third-order valence-electron chi connectivity index (χ3n) is 4.60. The van der Waals surface area contributed by atoms with Gasteiger partial charge in [-0.05, 0) is 25.3 Å². The number of hydrogen-bond donors (Lipinski definition) is 1. The largest absolute Gasteiger partial charge is 0.353 e. The fourth-order valence-corrected chi connectivity index (χ4v) is 3.16. The number of aryl methyl sites for hydroxylation is 1. The Kier molecular flexibility index (Phi) is 5.48. The van der Waals surface area contributed by atoms with Crippen molar-refractivity contribution in [3.8, 4) is 0 Å². The first-order valence-electron chi connectivity index (χ1n) is 8.64. The number of benzene rings is 1. The summed E-state index contributed by atoms with van der Waals surface area (Å²) in [4.78, 5) is 32.3. The van der Waals surface area contributed by atoms with E-state index in [1.165, 1.54) is 10.6 Å². The van der Waals surface area contributed by atoms with Crippen molar-refractivity contribution >= 4 is 11.8 Å². The summed E-state index contributed by atoms with van der Waals surface area (Å²) in [6, 6.07) is 7.86. The van der Waals surface area contributed by atoms with E-state index < -0.39 is 6.04 Å². The van der Waals surface area contributed by atoms with Crippen LogP contribution in [-0.2, 0) is 21.0 Å². The van der Waals surface area contributed by atoms with Crippen molar-refractivity contribution in [3.05, 3.63) is 35.4 Å². The van der Waals surface area contributed by atoms with Crippen molar-refractivity contribution in [2.24, 2.45) is 0 Å². The van der Waals surface area contributed by atoms with Gasteiger partial charge < -0.3 is 5.32 Å². The molecule has 1 unspecified atom stereocenters. The van der Waals surface area contributed by atoms with Gasteiger partial charge in [-0.2, -0.15) is 0 Å². The molecule has 1 aromatic carbocycles. The van der Waals surface area contributed by atoms with Crippen molar-refractivity contribution in [2.75, 3.05) is 26.2 Å². The van der Waals surface area contributed by atoms with Gasteiger partial charge in [0.05, 0.1) is 19.1 Å². The van der Waals surface area contributed by atoms with Crippen LogP contribution >= 0.6 is 0 Å². The topological polar surface area (TPSA) is 61.9 Å². The second kappa shape index (κ2) is 7.77. The van der Waals surface area contributed by atoms with Crippen LogP contribution in [0.1, 0.15) is 30.4 Å². The van der Waals surface area contributed by atoms with Crippen LogP contribution in [0.4, 0.5) is 0 Å². The SMILES string of the molecule is Cc1ccc(CN2CCNC(=O)C2CC(=O)N2CCCCO2)cc1. The van der Waals surface area contributed by atoms with Gasteiger partial charge in [-0.3, -0.25) is 19.3 Å². The molecule has 1 atom stereocenters. The third-order valence-corrected chi connectivity index (χ3v) is 4.60. The van der Waals surface area contributed by atoms with Gasteiger partial charge >= 0.3 is 0 Å². The summed E-state index contributed by atoms with van der Waals surface area (Å²) < 4.78 is 0. The number of hydroxylamine groups is 2. The molecule has 6 heteroatoms. The Bertz CT molecular complexity index is 582. The molecule has 0 aromatic heterocycles. The minimum atomic E-state index is -0.432. The molecule has 2 amide bonds. The highest BCUT2D eigenvalue weighted by molar-refractivity contribution is 5.88. The number of nitrogens with zero attached hydrogens (tertiary/aromatic N) is 2. The number of hydrogen-bond acceptors (Lipinski definition) is 4. The van der Waals surface area contributed by atoms with Gasteiger partial charge in [-0.1, -0.05) is 29.8 Å². The molecule has 2 aliphatic heterocycles. The van der Waals surface area contributed by atoms with Crippen molar-refractivity contribution in [3.63, 3.8) is 0 Å². The van der Waals surface area contributed by atoms with E-state index in [0.717, 1.165) is 24.9 Å². The number of carbonyl (C=O) groups is 2. The highest BCUT2D eigenvalue weighted by Gasteiger charge is 2.33. The third kappa shape index (κ3) is 4.13. The Labute approximate surface area is 142 Å². The molecule has 6 nitrogen and oxygen atoms in total. The van der Waals surface area contributed by atoms with E-state index in [1.807, 2.05) is 0 Å². The van der Waals surface area contributed by atoms with E-state index in [-0.39, 0.29) is 18.2 Å². The molecule has 2 heterocycles. The van der Waals surface area contributed by atoms with Gasteiger partial charge in [0.25, 0.3) is 0 Å². The lowest BCUT2D eigenvalue weighted by Crippen LogP contribution is -2.56. The maximum Gasteiger partial charge on any atom is 0.248 e. The molecule has 2 fully saturated rings. The van der Waals surface area contributed by atoms with Crippen LogP contribution in [0.5, 0.6) is 0 Å². The number of rotatable bonds is 4. The Morgan fingerprint density at radius 1 is 1.25 bits per heavy atom. The van der Waals surface area contributed by atoms with Crippen LogP contribution in [-0.4, -0.2) is 54.1 Å². The average molecular weight is 331 g/mol. The van der Waals surface area contributed by atoms with E-state index in [1.54, 1.807) is 0 Å². The first-order valence-corrected chi connectivity index (χ1v) is 8.64. The molecule has 0 radical (unpaired) electrons. The van der Waals surface area contributed by atoms with Crippen molar-refractivity contribution in [2.45, 2.75) is 38.8 Å². The molecule has 0 aliphatic carbocycles. The molecule has 1 aromatic rings. The van der Waals surface area contributed by atoms with Crippen LogP contribution in [0, 0.1) is 6.92 Å². The molecule has 0 saturated carbocycles. The Morgan fingerprint density at radius 2 is 2.04 bits per heavy atom. The number of piperazine rings is 1. The van der Waals surface area contributed by atoms with Crippen LogP contribution in [0.3, 0.4) is 0 Å². The standard InChI is InChI=1S/C18H25N3O3/c1-14-4-6-15(7-5-14)13-20-10-8-19-18(23)16(20)12-17(22)21-9-2-3-11-24-21/h4-7,16H,2-3,8-13H2,1H3,(H,19,23). The lowest BCUT2D eigenvalue weighted by Gasteiger charge is -2.36. The zero-order valence-corrected chi connectivity index (χ0v) is 14.2. The summed E-state index contributed by atoms with van der Waals surface area (Å²) in [5, 5.41) is 4.30. The molecule has 2 saturated heterocycles. The van der Waals surface area contributed by atoms with Crippen LogP contribution in [0.15, 0.2) is 24.3 Å². The second-order valence-electron chi connectivity index (χ2n) is 6.50. The van der Waals surface area contributed by atoms with Gasteiger partial charge in [0.1, 0.15) is 0 Å². The summed E-state index contributed by atoms with van der Waals surface area (Å²) in [5.74, 6) is -0.177. The molecule has 2 aliphatic rings. The predicted octanol–water partition coefficient (Wildman–Crippen LogP) is 1.24. The Hall–Kier alpha value is -1.92. The van der Waals surface area contributed by atoms with Gasteiger partial charge in [0.2, 0.25) is 11.8 Å². The monoisotopic (exact) mass is 331 g/mol. The minimum absolute atomic E-state index is 0.0706. The van der Waals surface area contributed by atoms with Gasteiger partial charge in [0.15, 0.2) is 0 Å². The summed E-state index contributed by atoms with van der Waals surface area (Å²) in [6.07, 6.45) is 2.10. The first kappa shape index (κ1) is 16.9. The summed E-state index contributed by atoms with van der Waals surface area (Å²) in [7, 11) is 0. The zero-order chi connectivity index (χ0) is 16.9. The van der Waals surface area contributed by atoms with Gasteiger partial charge in [-0.25, -0.2) is 5.06 Å². The fraction of sp³-hybridized carbons (Fsp3) is 0.556. The number of amides is 2. The first-order chi connectivity index (χ1) is 11.6. The minimum Gasteiger partial charge on any atom is -0.353 e. The molecule has 0 bridgehead atoms. The van der Waals surface area contributed by atoms with E-state index in [4.69, 9.17) is 4.84 Å². The number of nitrogens with one attached hydrogen (secondary N) is 1. The summed E-state index contributed by atoms with van der Waals surface area (Å²) >= 11 is 0. The quantitative estimate of drug-likeness (QED) is 0.902. The van der Waals surface area contributed by atoms with Gasteiger partial charge in [0, 0.05) is 26.2 Å². The predicted molar refractivity (Wildman–Crippen MR) is 89.9 cm³/mol. The Balaban J connectivity index is 1.66. The molecule has 1 N–H and O–H groups in total. The van der Waals surface area contributed by atoms with Crippen LogP contribution in [0.2, 0.25) is 0 Å². The second-order valence-corrected chi connectivity index (χ2v) is 6.50. The molecular weight excluding hydrogens is 306 g/mol. The fourth-order valence-electron chi connectivity index (χ4n) is 3.16. The molecule has 3 rings (SSSR count). The highest BCUT2D eigenvalue weighted by Crippen LogP contribution is 2.17. The molecular formula is C18H25N3O3. The number of carbonyl (C=O) groups excluding carboxylic acids is 2. The van der Waals surface area contributed by atoms with Crippen molar-refractivity contribution in [1.29, 1.82) is 0 Å². The molecule has 0 spiro atoms. The lowest BCUT2D eigenvalue weighted by atomic mass is 10.1.